The summed E-state index contributed by atoms with van der Waals surface area (Å²) < 4.78 is 26.6. The quantitative estimate of drug-likeness (QED) is 0.0832. The van der Waals surface area contributed by atoms with Gasteiger partial charge < -0.3 is 30.6 Å². The molecule has 1 unspecified atom stereocenters. The molecule has 7 aromatic rings. The minimum Gasteiger partial charge on any atom is -0.453 e. The zero-order chi connectivity index (χ0) is 51.7. The number of carbonyl (C=O) groups is 6. The zero-order valence-electron chi connectivity index (χ0n) is 41.4. The Morgan fingerprint density at radius 1 is 0.905 bits per heavy atom. The van der Waals surface area contributed by atoms with E-state index in [0.29, 0.717) is 107 Å². The number of aromatic amines is 1. The van der Waals surface area contributed by atoms with Crippen LogP contribution in [0.5, 0.6) is 0 Å². The zero-order valence-corrected chi connectivity index (χ0v) is 41.4. The summed E-state index contributed by atoms with van der Waals surface area (Å²) in [5.41, 5.74) is 6.54. The molecule has 0 radical (unpaired) electrons. The summed E-state index contributed by atoms with van der Waals surface area (Å²) in [5.74, 6) is -2.73. The van der Waals surface area contributed by atoms with Crippen molar-refractivity contribution in [2.45, 2.75) is 102 Å². The van der Waals surface area contributed by atoms with Crippen molar-refractivity contribution in [2.24, 2.45) is 18.9 Å². The Kier molecular flexibility index (Phi) is 12.4. The summed E-state index contributed by atoms with van der Waals surface area (Å²) in [6, 6.07) is 14.6. The van der Waals surface area contributed by atoms with Gasteiger partial charge in [0.1, 0.15) is 17.5 Å². The number of amides is 6. The molecule has 6 heterocycles. The molecule has 20 heteroatoms. The molecule has 0 spiro atoms. The van der Waals surface area contributed by atoms with Crippen molar-refractivity contribution >= 4 is 74.3 Å². The highest BCUT2D eigenvalue weighted by Crippen LogP contribution is 2.44. The number of imide groups is 1. The van der Waals surface area contributed by atoms with Crippen LogP contribution in [0.25, 0.3) is 55.4 Å². The van der Waals surface area contributed by atoms with Crippen LogP contribution in [0.15, 0.2) is 71.8 Å². The molecule has 2 aliphatic carbocycles. The van der Waals surface area contributed by atoms with Crippen LogP contribution in [-0.4, -0.2) is 95.1 Å². The van der Waals surface area contributed by atoms with Gasteiger partial charge in [0, 0.05) is 78.4 Å². The van der Waals surface area contributed by atoms with E-state index >= 15 is 4.39 Å². The number of carbonyl (C=O) groups excluding carboxylic acids is 6. The van der Waals surface area contributed by atoms with E-state index in [1.54, 1.807) is 46.6 Å². The summed E-state index contributed by atoms with van der Waals surface area (Å²) in [6.07, 6.45) is 7.70. The topological polar surface area (TPSA) is 236 Å². The van der Waals surface area contributed by atoms with Crippen LogP contribution in [0.1, 0.15) is 110 Å². The van der Waals surface area contributed by atoms with Crippen LogP contribution >= 0.6 is 0 Å². The number of benzene rings is 3. The number of rotatable bonds is 11. The van der Waals surface area contributed by atoms with E-state index < -0.39 is 29.8 Å². The third-order valence-corrected chi connectivity index (χ3v) is 15.6. The molecule has 74 heavy (non-hydrogen) atoms. The fourth-order valence-corrected chi connectivity index (χ4v) is 11.7. The van der Waals surface area contributed by atoms with E-state index in [4.69, 9.17) is 9.72 Å². The number of aryl methyl sites for hydroxylation is 1. The molecule has 2 aliphatic heterocycles. The lowest BCUT2D eigenvalue weighted by Crippen LogP contribution is -2.52. The Labute approximate surface area is 423 Å². The highest BCUT2D eigenvalue weighted by molar-refractivity contribution is 6.15. The molecule has 5 N–H and O–H groups in total. The van der Waals surface area contributed by atoms with Crippen LogP contribution in [-0.2, 0) is 32.7 Å². The average molecular weight is 1010 g/mol. The summed E-state index contributed by atoms with van der Waals surface area (Å²) >= 11 is 0. The molecule has 4 aliphatic rings. The first-order valence-corrected chi connectivity index (χ1v) is 25.3. The third kappa shape index (κ3) is 8.54. The number of anilines is 1. The second-order valence-corrected chi connectivity index (χ2v) is 20.4. The van der Waals surface area contributed by atoms with E-state index in [1.807, 2.05) is 29.1 Å². The van der Waals surface area contributed by atoms with Gasteiger partial charge >= 0.3 is 11.8 Å². The van der Waals surface area contributed by atoms with Crippen molar-refractivity contribution in [1.29, 1.82) is 0 Å². The van der Waals surface area contributed by atoms with Gasteiger partial charge in [0.25, 0.3) is 11.8 Å². The van der Waals surface area contributed by atoms with Crippen LogP contribution < -0.4 is 27.0 Å². The molecule has 4 aromatic heterocycles. The first-order chi connectivity index (χ1) is 35.6. The minimum atomic E-state index is -0.729. The molecule has 6 amide bonds. The Morgan fingerprint density at radius 3 is 2.46 bits per heavy atom. The van der Waals surface area contributed by atoms with E-state index in [-0.39, 0.29) is 78.3 Å². The number of alkyl carbamates (subject to hydrolysis) is 1. The van der Waals surface area contributed by atoms with Crippen LogP contribution in [0, 0.1) is 17.7 Å². The second-order valence-electron chi connectivity index (χ2n) is 20.4. The number of aromatic nitrogens is 6. The van der Waals surface area contributed by atoms with Crippen molar-refractivity contribution < 1.29 is 37.9 Å². The highest BCUT2D eigenvalue weighted by Gasteiger charge is 2.40. The highest BCUT2D eigenvalue weighted by atomic mass is 19.1. The van der Waals surface area contributed by atoms with E-state index in [1.165, 1.54) is 24.1 Å². The number of hydrogen-bond acceptors (Lipinski definition) is 10. The average Bonchev–Trinajstić information content (AvgIpc) is 4.24. The molecule has 3 aromatic carbocycles. The molecule has 2 saturated carbocycles. The molecular weight excluding hydrogens is 950 g/mol. The third-order valence-electron chi connectivity index (χ3n) is 15.6. The van der Waals surface area contributed by atoms with Gasteiger partial charge in [-0.25, -0.2) is 19.0 Å². The first-order valence-electron chi connectivity index (χ1n) is 25.3. The van der Waals surface area contributed by atoms with Gasteiger partial charge in [0.15, 0.2) is 0 Å². The van der Waals surface area contributed by atoms with Crippen molar-refractivity contribution in [3.63, 3.8) is 0 Å². The maximum atomic E-state index is 16.4. The van der Waals surface area contributed by atoms with E-state index in [0.717, 1.165) is 16.5 Å². The first kappa shape index (κ1) is 48.1. The molecule has 382 valence electrons. The number of fused-ring (bicyclic) bond motifs is 5. The molecule has 3 atom stereocenters. The number of piperidine rings is 1. The van der Waals surface area contributed by atoms with Gasteiger partial charge in [0.05, 0.1) is 52.7 Å². The molecule has 0 bridgehead atoms. The summed E-state index contributed by atoms with van der Waals surface area (Å²) in [4.78, 5) is 100. The number of halogens is 1. The van der Waals surface area contributed by atoms with Crippen molar-refractivity contribution in [3.05, 3.63) is 100.0 Å². The minimum absolute atomic E-state index is 0.0763. The molecular formula is C54H56FN11O8. The van der Waals surface area contributed by atoms with Gasteiger partial charge in [-0.2, -0.15) is 5.10 Å². The Balaban J connectivity index is 0.801. The maximum absolute atomic E-state index is 16.4. The smallest absolute Gasteiger partial charge is 0.407 e. The summed E-state index contributed by atoms with van der Waals surface area (Å²) in [6.45, 7) is 4.63. The van der Waals surface area contributed by atoms with Crippen molar-refractivity contribution in [3.8, 4) is 22.4 Å². The van der Waals surface area contributed by atoms with Gasteiger partial charge in [-0.15, -0.1) is 0 Å². The summed E-state index contributed by atoms with van der Waals surface area (Å²) in [7, 11) is 3.03. The van der Waals surface area contributed by atoms with Crippen LogP contribution in [0.2, 0.25) is 0 Å². The van der Waals surface area contributed by atoms with Gasteiger partial charge in [-0.3, -0.25) is 43.1 Å². The lowest BCUT2D eigenvalue weighted by molar-refractivity contribution is -0.137. The number of imidazole rings is 1. The number of ether oxygens (including phenoxy) is 1. The van der Waals surface area contributed by atoms with Crippen molar-refractivity contribution in [1.82, 2.24) is 49.7 Å². The molecule has 19 nitrogen and oxygen atoms in total. The van der Waals surface area contributed by atoms with Gasteiger partial charge in [-0.05, 0) is 125 Å². The van der Waals surface area contributed by atoms with E-state index in [2.05, 4.69) is 45.2 Å². The number of nitrogens with one attached hydrogen (secondary N) is 5. The Bertz CT molecular complexity index is 3550. The normalized spacial score (nSPS) is 20.9. The lowest BCUT2D eigenvalue weighted by atomic mass is 9.81. The van der Waals surface area contributed by atoms with E-state index in [9.17, 15) is 33.6 Å². The Morgan fingerprint density at radius 2 is 1.70 bits per heavy atom. The van der Waals surface area contributed by atoms with Gasteiger partial charge in [-0.1, -0.05) is 12.1 Å². The molecule has 11 rings (SSSR count). The van der Waals surface area contributed by atoms with Crippen LogP contribution in [0.4, 0.5) is 14.9 Å². The van der Waals surface area contributed by atoms with Gasteiger partial charge in [0.2, 0.25) is 17.7 Å². The fraction of sp³-hybridized carbons (Fsp3) is 0.389. The fourth-order valence-electron chi connectivity index (χ4n) is 11.7. The number of nitrogens with zero attached hydrogens (tertiary/aromatic N) is 6. The largest absolute Gasteiger partial charge is 0.453 e. The lowest BCUT2D eigenvalue weighted by Gasteiger charge is -2.29. The predicted molar refractivity (Wildman–Crippen MR) is 272 cm³/mol. The number of pyridine rings is 1. The van der Waals surface area contributed by atoms with Crippen LogP contribution in [0.3, 0.4) is 0 Å². The number of hydrogen-bond donors (Lipinski definition) is 5. The number of methoxy groups -OCH3 is 1. The monoisotopic (exact) mass is 1010 g/mol. The second kappa shape index (κ2) is 19.0. The predicted octanol–water partition coefficient (Wildman–Crippen LogP) is 7.01. The Hall–Kier alpha value is -8.16. The molecule has 3 fully saturated rings. The van der Waals surface area contributed by atoms with Crippen molar-refractivity contribution in [2.75, 3.05) is 19.0 Å². The number of H-pyrrole nitrogens is 1. The SMILES string of the molecule is COC(=O)N[C@@H]1CC[C@@H](n2c(=O)n(C)c3cnc4[nH]c(-c5ccc(C(=O)NC[C@H]6CC[C@H](C(=O)Nc7ccc8c(c7)CN(C7CCC(=O)NC7=O)C8=O)CC6)c(F)c5)c(-c5ccc6c(cnn6C(C)C)c5)c4c32)C1. The standard InChI is InChI=1S/C54H56FN11O8/c1-27(2)66-40-16-10-30(19-32(40)24-58-66)44-45-47-42(63(3)54(73)65(47)36-13-11-35(22-36)60-53(72)74-4)25-56-48(45)62-46(44)31-9-14-38(39(55)21-31)50(69)57-23-28-5-7-29(8-6-28)49(68)59-34-12-15-37-33(20-34)26-64(52(37)71)41-17-18-43(67)61-51(41)70/h9-10,12,14-16,19-21,24-25,27-29,35-36,41H,5-8,11,13,17-18,22-23,26H2,1-4H3,(H,56,62)(H,57,69)(H,59,68)(H,60,72)(H,61,67,70)/t28-,29-,35-,36-,41?/m1/s1. The molecule has 1 saturated heterocycles. The maximum Gasteiger partial charge on any atom is 0.407 e. The summed E-state index contributed by atoms with van der Waals surface area (Å²) in [5, 5.41) is 17.3.